The number of carbonyl (C=O) groups is 2. The Kier molecular flexibility index (Phi) is 6.15. The Labute approximate surface area is 163 Å². The molecule has 1 aliphatic heterocycles. The number of H-pyrrole nitrogens is 1. The summed E-state index contributed by atoms with van der Waals surface area (Å²) in [7, 11) is 2.67. The van der Waals surface area contributed by atoms with Crippen molar-refractivity contribution in [1.29, 1.82) is 0 Å². The summed E-state index contributed by atoms with van der Waals surface area (Å²) in [4.78, 5) is 33.3. The fourth-order valence-corrected chi connectivity index (χ4v) is 3.26. The standard InChI is InChI=1S/C19H25N5O4/c1-27-18(25)22-13-6-7-14-12(9-13)11-24(19(26)28-2)8-4-3-5-15(20)17-21-10-16(14)23-17/h6-7,9-10,15H,3-5,8,11,20H2,1-2H3,(H,21,23)(H,22,25)/t15-/m0/s1. The number of aromatic nitrogens is 2. The number of carbonyl (C=O) groups excluding carboxylic acids is 2. The third-order valence-corrected chi connectivity index (χ3v) is 4.75. The zero-order chi connectivity index (χ0) is 20.1. The van der Waals surface area contributed by atoms with Gasteiger partial charge in [-0.2, -0.15) is 0 Å². The molecule has 28 heavy (non-hydrogen) atoms. The van der Waals surface area contributed by atoms with E-state index in [2.05, 4.69) is 20.0 Å². The monoisotopic (exact) mass is 387 g/mol. The maximum Gasteiger partial charge on any atom is 0.411 e. The van der Waals surface area contributed by atoms with E-state index < -0.39 is 12.2 Å². The SMILES string of the molecule is COC(=O)Nc1ccc2c(c1)CN(C(=O)OC)CCCC[C@H](N)c1nc-2c[nH]1. The van der Waals surface area contributed by atoms with Crippen molar-refractivity contribution >= 4 is 17.9 Å². The first-order valence-electron chi connectivity index (χ1n) is 9.14. The largest absolute Gasteiger partial charge is 0.453 e. The number of rotatable bonds is 1. The molecule has 150 valence electrons. The van der Waals surface area contributed by atoms with Gasteiger partial charge in [-0.3, -0.25) is 5.32 Å². The van der Waals surface area contributed by atoms with Crippen LogP contribution in [0.1, 0.15) is 36.7 Å². The van der Waals surface area contributed by atoms with Crippen molar-refractivity contribution in [1.82, 2.24) is 14.9 Å². The van der Waals surface area contributed by atoms with Crippen LogP contribution in [-0.2, 0) is 16.0 Å². The maximum atomic E-state index is 12.3. The molecule has 0 fully saturated rings. The fraction of sp³-hybridized carbons (Fsp3) is 0.421. The molecule has 1 aromatic carbocycles. The Morgan fingerprint density at radius 3 is 2.86 bits per heavy atom. The highest BCUT2D eigenvalue weighted by Crippen LogP contribution is 2.29. The first-order valence-corrected chi connectivity index (χ1v) is 9.14. The van der Waals surface area contributed by atoms with Gasteiger partial charge in [0, 0.05) is 30.5 Å². The van der Waals surface area contributed by atoms with Gasteiger partial charge in [0.2, 0.25) is 0 Å². The van der Waals surface area contributed by atoms with Crippen molar-refractivity contribution in [3.63, 3.8) is 0 Å². The molecule has 4 N–H and O–H groups in total. The highest BCUT2D eigenvalue weighted by Gasteiger charge is 2.20. The molecule has 2 heterocycles. The van der Waals surface area contributed by atoms with Gasteiger partial charge in [0.1, 0.15) is 5.82 Å². The second-order valence-electron chi connectivity index (χ2n) is 6.65. The Morgan fingerprint density at radius 2 is 2.11 bits per heavy atom. The summed E-state index contributed by atoms with van der Waals surface area (Å²) in [6.07, 6.45) is 3.28. The van der Waals surface area contributed by atoms with Crippen LogP contribution < -0.4 is 11.1 Å². The minimum Gasteiger partial charge on any atom is -0.453 e. The van der Waals surface area contributed by atoms with E-state index in [9.17, 15) is 9.59 Å². The Balaban J connectivity index is 2.03. The average Bonchev–Trinajstić information content (AvgIpc) is 3.19. The number of aromatic amines is 1. The van der Waals surface area contributed by atoms with Crippen molar-refractivity contribution in [2.24, 2.45) is 5.73 Å². The molecule has 0 saturated heterocycles. The van der Waals surface area contributed by atoms with Gasteiger partial charge in [0.05, 0.1) is 26.0 Å². The maximum absolute atomic E-state index is 12.3. The highest BCUT2D eigenvalue weighted by atomic mass is 16.5. The number of methoxy groups -OCH3 is 2. The van der Waals surface area contributed by atoms with Crippen LogP contribution in [0.2, 0.25) is 0 Å². The minimum absolute atomic E-state index is 0.191. The van der Waals surface area contributed by atoms with Gasteiger partial charge in [-0.05, 0) is 37.0 Å². The molecule has 1 aliphatic rings. The third kappa shape index (κ3) is 4.42. The summed E-state index contributed by atoms with van der Waals surface area (Å²) in [6.45, 7) is 0.874. The number of nitrogens with zero attached hydrogens (tertiary/aromatic N) is 2. The van der Waals surface area contributed by atoms with Crippen molar-refractivity contribution < 1.29 is 19.1 Å². The van der Waals surface area contributed by atoms with Crippen molar-refractivity contribution in [2.45, 2.75) is 31.8 Å². The van der Waals surface area contributed by atoms with E-state index in [1.165, 1.54) is 14.2 Å². The lowest BCUT2D eigenvalue weighted by Gasteiger charge is -2.23. The van der Waals surface area contributed by atoms with Gasteiger partial charge >= 0.3 is 12.2 Å². The molecule has 9 nitrogen and oxygen atoms in total. The lowest BCUT2D eigenvalue weighted by molar-refractivity contribution is 0.120. The molecule has 2 bridgehead atoms. The molecule has 1 aromatic heterocycles. The number of nitrogens with one attached hydrogen (secondary N) is 2. The van der Waals surface area contributed by atoms with Gasteiger partial charge in [0.25, 0.3) is 0 Å². The summed E-state index contributed by atoms with van der Waals surface area (Å²) in [5, 5.41) is 2.65. The van der Waals surface area contributed by atoms with Crippen molar-refractivity contribution in [3.05, 3.63) is 35.8 Å². The Bertz CT molecular complexity index is 851. The second kappa shape index (κ2) is 8.75. The second-order valence-corrected chi connectivity index (χ2v) is 6.65. The summed E-state index contributed by atoms with van der Waals surface area (Å²) < 4.78 is 9.60. The van der Waals surface area contributed by atoms with Crippen LogP contribution in [0.4, 0.5) is 15.3 Å². The van der Waals surface area contributed by atoms with E-state index >= 15 is 0 Å². The predicted molar refractivity (Wildman–Crippen MR) is 104 cm³/mol. The normalized spacial score (nSPS) is 17.0. The van der Waals surface area contributed by atoms with E-state index in [-0.39, 0.29) is 6.04 Å². The molecule has 3 rings (SSSR count). The van der Waals surface area contributed by atoms with Gasteiger partial charge in [-0.1, -0.05) is 6.07 Å². The molecule has 0 saturated carbocycles. The van der Waals surface area contributed by atoms with E-state index in [1.807, 2.05) is 18.3 Å². The number of ether oxygens (including phenoxy) is 2. The molecule has 0 aliphatic carbocycles. The van der Waals surface area contributed by atoms with E-state index in [0.29, 0.717) is 18.8 Å². The predicted octanol–water partition coefficient (Wildman–Crippen LogP) is 3.01. The molecular weight excluding hydrogens is 362 g/mol. The zero-order valence-electron chi connectivity index (χ0n) is 16.0. The molecule has 9 heteroatoms. The molecule has 0 radical (unpaired) electrons. The van der Waals surface area contributed by atoms with Gasteiger partial charge < -0.3 is 25.1 Å². The lowest BCUT2D eigenvalue weighted by Crippen LogP contribution is -2.32. The number of anilines is 1. The lowest BCUT2D eigenvalue weighted by atomic mass is 10.0. The summed E-state index contributed by atoms with van der Waals surface area (Å²) in [6, 6.07) is 5.23. The van der Waals surface area contributed by atoms with Crippen molar-refractivity contribution in [2.75, 3.05) is 26.1 Å². The Hall–Kier alpha value is -3.07. The third-order valence-electron chi connectivity index (χ3n) is 4.75. The zero-order valence-corrected chi connectivity index (χ0v) is 16.0. The number of imidazole rings is 1. The molecule has 1 atom stereocenters. The summed E-state index contributed by atoms with van der Waals surface area (Å²) in [5.74, 6) is 0.739. The van der Waals surface area contributed by atoms with Crippen LogP contribution in [0.5, 0.6) is 0 Å². The van der Waals surface area contributed by atoms with Crippen LogP contribution in [0, 0.1) is 0 Å². The topological polar surface area (TPSA) is 123 Å². The van der Waals surface area contributed by atoms with Crippen LogP contribution >= 0.6 is 0 Å². The molecule has 0 spiro atoms. The van der Waals surface area contributed by atoms with Gasteiger partial charge in [-0.25, -0.2) is 14.6 Å². The van der Waals surface area contributed by atoms with E-state index in [1.54, 1.807) is 11.0 Å². The van der Waals surface area contributed by atoms with Crippen LogP contribution in [-0.4, -0.2) is 47.8 Å². The molecular formula is C19H25N5O4. The van der Waals surface area contributed by atoms with Crippen LogP contribution in [0.25, 0.3) is 11.3 Å². The molecule has 2 amide bonds. The summed E-state index contributed by atoms with van der Waals surface area (Å²) >= 11 is 0. The van der Waals surface area contributed by atoms with Crippen molar-refractivity contribution in [3.8, 4) is 11.3 Å². The number of benzene rings is 1. The van der Waals surface area contributed by atoms with Crippen LogP contribution in [0.15, 0.2) is 24.4 Å². The molecule has 0 unspecified atom stereocenters. The fourth-order valence-electron chi connectivity index (χ4n) is 3.26. The smallest absolute Gasteiger partial charge is 0.411 e. The quantitative estimate of drug-likeness (QED) is 0.691. The Morgan fingerprint density at radius 1 is 1.29 bits per heavy atom. The summed E-state index contributed by atoms with van der Waals surface area (Å²) in [5.41, 5.74) is 9.21. The first-order chi connectivity index (χ1) is 13.5. The number of nitrogens with two attached hydrogens (primary N) is 1. The minimum atomic E-state index is -0.564. The highest BCUT2D eigenvalue weighted by molar-refractivity contribution is 5.85. The molecule has 2 aromatic rings. The van der Waals surface area contributed by atoms with Gasteiger partial charge in [-0.15, -0.1) is 0 Å². The van der Waals surface area contributed by atoms with E-state index in [4.69, 9.17) is 10.5 Å². The van der Waals surface area contributed by atoms with Gasteiger partial charge in [0.15, 0.2) is 0 Å². The van der Waals surface area contributed by atoms with E-state index in [0.717, 1.165) is 41.9 Å². The number of amides is 2. The van der Waals surface area contributed by atoms with Crippen LogP contribution in [0.3, 0.4) is 0 Å². The average molecular weight is 387 g/mol. The first kappa shape index (κ1) is 19.7. The number of fused-ring (bicyclic) bond motifs is 4. The number of hydrogen-bond donors (Lipinski definition) is 3. The number of hydrogen-bond acceptors (Lipinski definition) is 6.